The van der Waals surface area contributed by atoms with Crippen LogP contribution in [-0.4, -0.2) is 22.9 Å². The van der Waals surface area contributed by atoms with E-state index in [-0.39, 0.29) is 0 Å². The van der Waals surface area contributed by atoms with Crippen LogP contribution in [0.5, 0.6) is 0 Å². The van der Waals surface area contributed by atoms with Gasteiger partial charge in [0.2, 0.25) is 0 Å². The van der Waals surface area contributed by atoms with Crippen molar-refractivity contribution in [3.8, 4) is 0 Å². The predicted molar refractivity (Wildman–Crippen MR) is 77.9 cm³/mol. The van der Waals surface area contributed by atoms with Crippen LogP contribution in [-0.2, 0) is 6.42 Å². The summed E-state index contributed by atoms with van der Waals surface area (Å²) in [6.45, 7) is 11.1. The maximum atomic E-state index is 4.69. The van der Waals surface area contributed by atoms with Crippen LogP contribution in [0.4, 0.5) is 0 Å². The SMILES string of the molecule is CCCNCC(CC)Cc1ccn(C(C)CC)n1. The van der Waals surface area contributed by atoms with E-state index in [0.717, 1.165) is 25.9 Å². The third-order valence-corrected chi connectivity index (χ3v) is 3.64. The fourth-order valence-corrected chi connectivity index (χ4v) is 2.06. The molecule has 0 aromatic carbocycles. The molecule has 0 aliphatic carbocycles. The summed E-state index contributed by atoms with van der Waals surface area (Å²) in [5.74, 6) is 0.705. The molecule has 0 saturated heterocycles. The molecule has 0 spiro atoms. The van der Waals surface area contributed by atoms with Crippen LogP contribution in [0.2, 0.25) is 0 Å². The van der Waals surface area contributed by atoms with Gasteiger partial charge in [-0.05, 0) is 51.3 Å². The van der Waals surface area contributed by atoms with Gasteiger partial charge in [-0.15, -0.1) is 0 Å². The first-order valence-electron chi connectivity index (χ1n) is 7.45. The fourth-order valence-electron chi connectivity index (χ4n) is 2.06. The number of hydrogen-bond donors (Lipinski definition) is 1. The Morgan fingerprint density at radius 2 is 2.06 bits per heavy atom. The molecule has 2 atom stereocenters. The highest BCUT2D eigenvalue weighted by molar-refractivity contribution is 5.01. The number of rotatable bonds is 9. The topological polar surface area (TPSA) is 29.9 Å². The Labute approximate surface area is 112 Å². The molecule has 0 radical (unpaired) electrons. The monoisotopic (exact) mass is 251 g/mol. The molecule has 1 N–H and O–H groups in total. The van der Waals surface area contributed by atoms with Crippen molar-refractivity contribution in [3.63, 3.8) is 0 Å². The van der Waals surface area contributed by atoms with E-state index < -0.39 is 0 Å². The van der Waals surface area contributed by atoms with Crippen LogP contribution in [0, 0.1) is 5.92 Å². The summed E-state index contributed by atoms with van der Waals surface area (Å²) in [6.07, 6.45) is 6.77. The van der Waals surface area contributed by atoms with Crippen molar-refractivity contribution < 1.29 is 0 Å². The minimum Gasteiger partial charge on any atom is -0.316 e. The average molecular weight is 251 g/mol. The van der Waals surface area contributed by atoms with E-state index in [2.05, 4.69) is 55.1 Å². The Balaban J connectivity index is 2.46. The van der Waals surface area contributed by atoms with E-state index in [9.17, 15) is 0 Å². The summed E-state index contributed by atoms with van der Waals surface area (Å²) in [5.41, 5.74) is 1.24. The smallest absolute Gasteiger partial charge is 0.0627 e. The van der Waals surface area contributed by atoms with Crippen LogP contribution in [0.3, 0.4) is 0 Å². The Morgan fingerprint density at radius 3 is 2.67 bits per heavy atom. The Hall–Kier alpha value is -0.830. The number of hydrogen-bond acceptors (Lipinski definition) is 2. The fraction of sp³-hybridized carbons (Fsp3) is 0.800. The molecule has 1 heterocycles. The lowest BCUT2D eigenvalue weighted by Gasteiger charge is -2.14. The van der Waals surface area contributed by atoms with Crippen LogP contribution >= 0.6 is 0 Å². The lowest BCUT2D eigenvalue weighted by Crippen LogP contribution is -2.24. The van der Waals surface area contributed by atoms with Gasteiger partial charge in [-0.25, -0.2) is 0 Å². The first-order chi connectivity index (χ1) is 8.71. The molecule has 3 nitrogen and oxygen atoms in total. The van der Waals surface area contributed by atoms with E-state index in [1.54, 1.807) is 0 Å². The Kier molecular flexibility index (Phi) is 7.02. The second-order valence-corrected chi connectivity index (χ2v) is 5.23. The highest BCUT2D eigenvalue weighted by Gasteiger charge is 2.10. The van der Waals surface area contributed by atoms with Crippen molar-refractivity contribution in [3.05, 3.63) is 18.0 Å². The minimum atomic E-state index is 0.511. The molecule has 18 heavy (non-hydrogen) atoms. The van der Waals surface area contributed by atoms with Gasteiger partial charge >= 0.3 is 0 Å². The highest BCUT2D eigenvalue weighted by atomic mass is 15.3. The quantitative estimate of drug-likeness (QED) is 0.682. The van der Waals surface area contributed by atoms with Gasteiger partial charge in [0.1, 0.15) is 0 Å². The van der Waals surface area contributed by atoms with Gasteiger partial charge in [-0.1, -0.05) is 27.2 Å². The summed E-state index contributed by atoms with van der Waals surface area (Å²) in [7, 11) is 0. The maximum Gasteiger partial charge on any atom is 0.0627 e. The van der Waals surface area contributed by atoms with Crippen molar-refractivity contribution in [2.45, 2.75) is 59.4 Å². The Morgan fingerprint density at radius 1 is 1.28 bits per heavy atom. The largest absolute Gasteiger partial charge is 0.316 e. The van der Waals surface area contributed by atoms with Gasteiger partial charge < -0.3 is 5.32 Å². The summed E-state index contributed by atoms with van der Waals surface area (Å²) < 4.78 is 2.10. The van der Waals surface area contributed by atoms with Gasteiger partial charge in [0.25, 0.3) is 0 Å². The van der Waals surface area contributed by atoms with Crippen molar-refractivity contribution in [2.75, 3.05) is 13.1 Å². The lowest BCUT2D eigenvalue weighted by atomic mass is 10.0. The van der Waals surface area contributed by atoms with Gasteiger partial charge in [0.15, 0.2) is 0 Å². The van der Waals surface area contributed by atoms with Crippen molar-refractivity contribution in [1.82, 2.24) is 15.1 Å². The average Bonchev–Trinajstić information content (AvgIpc) is 2.85. The number of nitrogens with one attached hydrogen (secondary N) is 1. The van der Waals surface area contributed by atoms with Crippen molar-refractivity contribution in [2.24, 2.45) is 5.92 Å². The summed E-state index contributed by atoms with van der Waals surface area (Å²) in [5, 5.41) is 8.20. The summed E-state index contributed by atoms with van der Waals surface area (Å²) >= 11 is 0. The molecule has 1 aromatic heterocycles. The molecule has 0 fully saturated rings. The molecule has 0 aliphatic heterocycles. The molecule has 1 aromatic rings. The Bertz CT molecular complexity index is 319. The zero-order valence-electron chi connectivity index (χ0n) is 12.4. The van der Waals surface area contributed by atoms with Crippen LogP contribution in [0.25, 0.3) is 0 Å². The maximum absolute atomic E-state index is 4.69. The van der Waals surface area contributed by atoms with E-state index >= 15 is 0 Å². The van der Waals surface area contributed by atoms with Crippen LogP contribution in [0.1, 0.15) is 58.7 Å². The van der Waals surface area contributed by atoms with Gasteiger partial charge in [0.05, 0.1) is 5.69 Å². The van der Waals surface area contributed by atoms with Crippen LogP contribution in [0.15, 0.2) is 12.3 Å². The van der Waals surface area contributed by atoms with E-state index in [1.807, 2.05) is 0 Å². The molecule has 0 aliphatic rings. The highest BCUT2D eigenvalue weighted by Crippen LogP contribution is 2.13. The van der Waals surface area contributed by atoms with Gasteiger partial charge in [-0.3, -0.25) is 4.68 Å². The second kappa shape index (κ2) is 8.30. The zero-order valence-corrected chi connectivity index (χ0v) is 12.4. The number of nitrogens with zero attached hydrogens (tertiary/aromatic N) is 2. The third kappa shape index (κ3) is 4.81. The van der Waals surface area contributed by atoms with E-state index in [1.165, 1.54) is 18.5 Å². The second-order valence-electron chi connectivity index (χ2n) is 5.23. The molecule has 2 unspecified atom stereocenters. The predicted octanol–water partition coefficient (Wildman–Crippen LogP) is 3.42. The molecule has 0 amide bonds. The van der Waals surface area contributed by atoms with Crippen molar-refractivity contribution >= 4 is 0 Å². The van der Waals surface area contributed by atoms with Gasteiger partial charge in [-0.2, -0.15) is 5.10 Å². The van der Waals surface area contributed by atoms with Crippen molar-refractivity contribution in [1.29, 1.82) is 0 Å². The molecule has 0 saturated carbocycles. The molecule has 3 heteroatoms. The lowest BCUT2D eigenvalue weighted by molar-refractivity contribution is 0.441. The van der Waals surface area contributed by atoms with E-state index in [0.29, 0.717) is 12.0 Å². The molecule has 0 bridgehead atoms. The molecular weight excluding hydrogens is 222 g/mol. The summed E-state index contributed by atoms with van der Waals surface area (Å²) in [4.78, 5) is 0. The molecule has 1 rings (SSSR count). The molecular formula is C15H29N3. The first kappa shape index (κ1) is 15.2. The zero-order chi connectivity index (χ0) is 13.4. The summed E-state index contributed by atoms with van der Waals surface area (Å²) in [6, 6.07) is 2.69. The van der Waals surface area contributed by atoms with Gasteiger partial charge in [0, 0.05) is 12.2 Å². The minimum absolute atomic E-state index is 0.511. The molecule has 104 valence electrons. The normalized spacial score (nSPS) is 14.7. The standard InChI is InChI=1S/C15H29N3/c1-5-9-16-12-14(7-3)11-15-8-10-18(17-15)13(4)6-2/h8,10,13-14,16H,5-7,9,11-12H2,1-4H3. The first-order valence-corrected chi connectivity index (χ1v) is 7.45. The third-order valence-electron chi connectivity index (χ3n) is 3.64. The van der Waals surface area contributed by atoms with Crippen LogP contribution < -0.4 is 5.32 Å². The van der Waals surface area contributed by atoms with E-state index in [4.69, 9.17) is 0 Å². The number of aromatic nitrogens is 2.